The third-order valence-corrected chi connectivity index (χ3v) is 4.36. The summed E-state index contributed by atoms with van der Waals surface area (Å²) in [6, 6.07) is 1.55. The molecule has 0 saturated heterocycles. The van der Waals surface area contributed by atoms with Crippen molar-refractivity contribution in [2.24, 2.45) is 5.92 Å². The zero-order valence-electron chi connectivity index (χ0n) is 7.28. The summed E-state index contributed by atoms with van der Waals surface area (Å²) >= 11 is 5.48. The number of hydrogen-bond donors (Lipinski definition) is 0. The number of alkyl halides is 1. The van der Waals surface area contributed by atoms with E-state index in [0.29, 0.717) is 6.07 Å². The Labute approximate surface area is 69.9 Å². The van der Waals surface area contributed by atoms with Crippen LogP contribution in [0.3, 0.4) is 0 Å². The van der Waals surface area contributed by atoms with Gasteiger partial charge in [0, 0.05) is 0 Å². The summed E-state index contributed by atoms with van der Waals surface area (Å²) in [6.45, 7) is 8.84. The maximum absolute atomic E-state index is 5.48. The van der Waals surface area contributed by atoms with Crippen LogP contribution in [0.25, 0.3) is 0 Å². The van der Waals surface area contributed by atoms with Crippen molar-refractivity contribution in [2.45, 2.75) is 33.0 Å². The molecule has 0 N–H and O–H groups in total. The van der Waals surface area contributed by atoms with Gasteiger partial charge in [0.05, 0.1) is 0 Å². The lowest BCUT2D eigenvalue weighted by Gasteiger charge is -2.22. The van der Waals surface area contributed by atoms with E-state index in [4.69, 9.17) is 16.0 Å². The molecule has 1 nitrogen and oxygen atoms in total. The summed E-state index contributed by atoms with van der Waals surface area (Å²) in [6.07, 6.45) is 0. The summed E-state index contributed by atoms with van der Waals surface area (Å²) < 4.78 is 5.44. The summed E-state index contributed by atoms with van der Waals surface area (Å²) in [5.41, 5.74) is 0. The Kier molecular flexibility index (Phi) is 4.57. The van der Waals surface area contributed by atoms with E-state index >= 15 is 0 Å². The number of halogens is 1. The fourth-order valence-corrected chi connectivity index (χ4v) is 4.46. The van der Waals surface area contributed by atoms with Crippen LogP contribution in [0.5, 0.6) is 0 Å². The van der Waals surface area contributed by atoms with Crippen LogP contribution in [0.15, 0.2) is 0 Å². The Balaban J connectivity index is 3.63. The van der Waals surface area contributed by atoms with E-state index in [1.54, 1.807) is 0 Å². The third-order valence-electron chi connectivity index (χ3n) is 1.35. The Morgan fingerprint density at radius 2 is 1.90 bits per heavy atom. The maximum Gasteiger partial charge on any atom is 0.188 e. The highest BCUT2D eigenvalue weighted by Gasteiger charge is 2.22. The average Bonchev–Trinajstić information content (AvgIpc) is 1.59. The molecule has 0 saturated carbocycles. The van der Waals surface area contributed by atoms with Crippen molar-refractivity contribution in [3.63, 3.8) is 0 Å². The highest BCUT2D eigenvalue weighted by Crippen LogP contribution is 2.17. The zero-order valence-corrected chi connectivity index (χ0v) is 9.03. The molecule has 0 unspecified atom stereocenters. The van der Waals surface area contributed by atoms with E-state index in [1.165, 1.54) is 6.04 Å². The van der Waals surface area contributed by atoms with Gasteiger partial charge >= 0.3 is 0 Å². The minimum Gasteiger partial charge on any atom is -0.404 e. The molecule has 0 radical (unpaired) electrons. The van der Waals surface area contributed by atoms with E-state index in [1.807, 2.05) is 0 Å². The van der Waals surface area contributed by atoms with Gasteiger partial charge < -0.3 is 4.43 Å². The highest BCUT2D eigenvalue weighted by molar-refractivity contribution is 6.71. The predicted octanol–water partition coefficient (Wildman–Crippen LogP) is 3.06. The van der Waals surface area contributed by atoms with Crippen LogP contribution in [0.4, 0.5) is 0 Å². The van der Waals surface area contributed by atoms with E-state index in [9.17, 15) is 0 Å². The molecule has 0 amide bonds. The molecule has 0 fully saturated rings. The average molecular weight is 181 g/mol. The molecular weight excluding hydrogens is 164 g/mol. The zero-order chi connectivity index (χ0) is 8.20. The molecule has 0 aromatic heterocycles. The first-order chi connectivity index (χ1) is 4.48. The van der Waals surface area contributed by atoms with Crippen LogP contribution in [0.2, 0.25) is 19.1 Å². The second kappa shape index (κ2) is 4.37. The molecule has 0 bridgehead atoms. The first-order valence-electron chi connectivity index (χ1n) is 3.68. The fourth-order valence-electron chi connectivity index (χ4n) is 1.19. The molecule has 0 aliphatic carbocycles. The van der Waals surface area contributed by atoms with Crippen LogP contribution >= 0.6 is 11.6 Å². The standard InChI is InChI=1S/C7H17ClOSi/c1-7(2)5-10(3,4)9-6-8/h7H,5-6H2,1-4H3. The van der Waals surface area contributed by atoms with Gasteiger partial charge in [-0.1, -0.05) is 25.4 Å². The van der Waals surface area contributed by atoms with Crippen molar-refractivity contribution >= 4 is 19.9 Å². The molecule has 0 rings (SSSR count). The summed E-state index contributed by atoms with van der Waals surface area (Å²) in [4.78, 5) is 0. The predicted molar refractivity (Wildman–Crippen MR) is 48.9 cm³/mol. The van der Waals surface area contributed by atoms with Crippen molar-refractivity contribution in [3.8, 4) is 0 Å². The Morgan fingerprint density at radius 1 is 1.40 bits per heavy atom. The minimum atomic E-state index is -1.40. The first-order valence-corrected chi connectivity index (χ1v) is 7.33. The largest absolute Gasteiger partial charge is 0.404 e. The molecule has 0 atom stereocenters. The van der Waals surface area contributed by atoms with Gasteiger partial charge in [0.1, 0.15) is 6.07 Å². The van der Waals surface area contributed by atoms with Gasteiger partial charge in [0.2, 0.25) is 0 Å². The van der Waals surface area contributed by atoms with Gasteiger partial charge in [-0.15, -0.1) is 0 Å². The minimum absolute atomic E-state index is 0.353. The van der Waals surface area contributed by atoms with Crippen LogP contribution in [0.1, 0.15) is 13.8 Å². The van der Waals surface area contributed by atoms with Crippen LogP contribution < -0.4 is 0 Å². The molecule has 62 valence electrons. The molecule has 0 spiro atoms. The summed E-state index contributed by atoms with van der Waals surface area (Å²) in [5, 5.41) is 0. The lowest BCUT2D eigenvalue weighted by Crippen LogP contribution is -2.31. The van der Waals surface area contributed by atoms with Gasteiger partial charge in [-0.05, 0) is 25.1 Å². The molecule has 0 aromatic carbocycles. The molecule has 10 heavy (non-hydrogen) atoms. The van der Waals surface area contributed by atoms with Gasteiger partial charge in [-0.25, -0.2) is 0 Å². The van der Waals surface area contributed by atoms with Crippen molar-refractivity contribution in [3.05, 3.63) is 0 Å². The molecule has 0 aliphatic heterocycles. The highest BCUT2D eigenvalue weighted by atomic mass is 35.5. The summed E-state index contributed by atoms with van der Waals surface area (Å²) in [5.74, 6) is 0.727. The molecular formula is C7H17ClOSi. The topological polar surface area (TPSA) is 9.23 Å². The molecule has 0 aromatic rings. The SMILES string of the molecule is CC(C)C[Si](C)(C)OCCl. The third kappa shape index (κ3) is 5.27. The van der Waals surface area contributed by atoms with Crippen LogP contribution in [-0.2, 0) is 4.43 Å². The van der Waals surface area contributed by atoms with Crippen molar-refractivity contribution in [1.82, 2.24) is 0 Å². The van der Waals surface area contributed by atoms with E-state index < -0.39 is 8.32 Å². The first kappa shape index (κ1) is 10.5. The lowest BCUT2D eigenvalue weighted by molar-refractivity contribution is 0.370. The molecule has 3 heteroatoms. The monoisotopic (exact) mass is 180 g/mol. The Bertz CT molecular complexity index is 93.6. The quantitative estimate of drug-likeness (QED) is 0.478. The van der Waals surface area contributed by atoms with Crippen LogP contribution in [-0.4, -0.2) is 14.4 Å². The van der Waals surface area contributed by atoms with E-state index in [0.717, 1.165) is 5.92 Å². The second-order valence-electron chi connectivity index (χ2n) is 3.61. The van der Waals surface area contributed by atoms with Crippen molar-refractivity contribution in [1.29, 1.82) is 0 Å². The normalized spacial score (nSPS) is 12.6. The number of hydrogen-bond acceptors (Lipinski definition) is 1. The van der Waals surface area contributed by atoms with Crippen molar-refractivity contribution < 1.29 is 4.43 Å². The molecule has 0 aliphatic rings. The van der Waals surface area contributed by atoms with Gasteiger partial charge in [0.15, 0.2) is 8.32 Å². The van der Waals surface area contributed by atoms with E-state index in [-0.39, 0.29) is 0 Å². The van der Waals surface area contributed by atoms with Gasteiger partial charge in [-0.2, -0.15) is 0 Å². The lowest BCUT2D eigenvalue weighted by atomic mass is 10.3. The van der Waals surface area contributed by atoms with Crippen molar-refractivity contribution in [2.75, 3.05) is 6.07 Å². The number of rotatable bonds is 4. The Morgan fingerprint density at radius 3 is 2.20 bits per heavy atom. The van der Waals surface area contributed by atoms with Gasteiger partial charge in [0.25, 0.3) is 0 Å². The maximum atomic E-state index is 5.48. The second-order valence-corrected chi connectivity index (χ2v) is 8.05. The molecule has 0 heterocycles. The Hall–Kier alpha value is 0.467. The van der Waals surface area contributed by atoms with Crippen LogP contribution in [0, 0.1) is 5.92 Å². The van der Waals surface area contributed by atoms with E-state index in [2.05, 4.69) is 26.9 Å². The smallest absolute Gasteiger partial charge is 0.188 e. The summed E-state index contributed by atoms with van der Waals surface area (Å²) in [7, 11) is -1.40. The fraction of sp³-hybridized carbons (Fsp3) is 1.00. The van der Waals surface area contributed by atoms with Gasteiger partial charge in [-0.3, -0.25) is 0 Å².